The monoisotopic (exact) mass is 482 g/mol. The van der Waals surface area contributed by atoms with Gasteiger partial charge in [-0.3, -0.25) is 14.7 Å². The number of aromatic nitrogens is 4. The van der Waals surface area contributed by atoms with Gasteiger partial charge in [-0.2, -0.15) is 9.78 Å². The van der Waals surface area contributed by atoms with Crippen LogP contribution in [-0.2, 0) is 6.42 Å². The van der Waals surface area contributed by atoms with Crippen LogP contribution in [0.4, 0.5) is 5.82 Å². The Labute approximate surface area is 210 Å². The Bertz CT molecular complexity index is 1450. The summed E-state index contributed by atoms with van der Waals surface area (Å²) in [5.41, 5.74) is 6.35. The highest BCUT2D eigenvalue weighted by molar-refractivity contribution is 5.93. The molecule has 5 rings (SSSR count). The molecule has 1 aliphatic heterocycles. The van der Waals surface area contributed by atoms with Gasteiger partial charge in [0, 0.05) is 37.8 Å². The van der Waals surface area contributed by atoms with Crippen LogP contribution in [-0.4, -0.2) is 57.0 Å². The van der Waals surface area contributed by atoms with Gasteiger partial charge in [0.25, 0.3) is 11.5 Å². The number of anilines is 1. The third-order valence-electron chi connectivity index (χ3n) is 6.88. The normalized spacial score (nSPS) is 13.8. The topological polar surface area (TPSA) is 87.1 Å². The summed E-state index contributed by atoms with van der Waals surface area (Å²) in [6.45, 7) is 8.56. The summed E-state index contributed by atoms with van der Waals surface area (Å²) in [7, 11) is 0. The van der Waals surface area contributed by atoms with Crippen LogP contribution in [0.1, 0.15) is 34.1 Å². The van der Waals surface area contributed by atoms with Gasteiger partial charge in [-0.25, -0.2) is 0 Å². The predicted octanol–water partition coefficient (Wildman–Crippen LogP) is 3.76. The number of nitrogens with zero attached hydrogens (tertiary/aromatic N) is 5. The molecule has 36 heavy (non-hydrogen) atoms. The van der Waals surface area contributed by atoms with Crippen LogP contribution in [0.2, 0.25) is 0 Å². The standard InChI is InChI=1S/C28H30N6O2/c1-4-21-6-8-22(9-7-21)24-18-25(30-29-24)28(36)33-15-13-32(14-16-33)26-11-12-27(35)34(31-26)23-10-5-19(2)20(3)17-23/h5-12,17-18H,4,13-16H2,1-3H3,(H,29,30). The van der Waals surface area contributed by atoms with E-state index in [0.717, 1.165) is 34.7 Å². The molecule has 1 amide bonds. The summed E-state index contributed by atoms with van der Waals surface area (Å²) in [5.74, 6) is 0.658. The van der Waals surface area contributed by atoms with E-state index in [-0.39, 0.29) is 11.5 Å². The number of hydrogen-bond donors (Lipinski definition) is 1. The molecule has 0 unspecified atom stereocenters. The number of aromatic amines is 1. The first-order chi connectivity index (χ1) is 17.4. The maximum atomic E-state index is 13.1. The lowest BCUT2D eigenvalue weighted by Crippen LogP contribution is -2.49. The third kappa shape index (κ3) is 4.66. The van der Waals surface area contributed by atoms with E-state index in [4.69, 9.17) is 0 Å². The van der Waals surface area contributed by atoms with E-state index in [1.165, 1.54) is 15.8 Å². The van der Waals surface area contributed by atoms with Crippen molar-refractivity contribution in [3.8, 4) is 16.9 Å². The number of carbonyl (C=O) groups is 1. The van der Waals surface area contributed by atoms with E-state index in [0.29, 0.717) is 31.9 Å². The molecule has 8 heteroatoms. The maximum absolute atomic E-state index is 13.1. The number of benzene rings is 2. The highest BCUT2D eigenvalue weighted by Crippen LogP contribution is 2.21. The third-order valence-corrected chi connectivity index (χ3v) is 6.88. The fourth-order valence-corrected chi connectivity index (χ4v) is 4.41. The van der Waals surface area contributed by atoms with Gasteiger partial charge in [-0.1, -0.05) is 37.3 Å². The number of piperazine rings is 1. The van der Waals surface area contributed by atoms with Crippen LogP contribution >= 0.6 is 0 Å². The predicted molar refractivity (Wildman–Crippen MR) is 141 cm³/mol. The molecule has 1 N–H and O–H groups in total. The molecular formula is C28H30N6O2. The van der Waals surface area contributed by atoms with Crippen molar-refractivity contribution in [2.24, 2.45) is 0 Å². The second-order valence-corrected chi connectivity index (χ2v) is 9.21. The van der Waals surface area contributed by atoms with Crippen molar-refractivity contribution >= 4 is 11.7 Å². The van der Waals surface area contributed by atoms with Crippen LogP contribution in [0, 0.1) is 13.8 Å². The molecule has 0 spiro atoms. The van der Waals surface area contributed by atoms with Crippen LogP contribution in [0.25, 0.3) is 16.9 Å². The minimum atomic E-state index is -0.171. The average molecular weight is 483 g/mol. The zero-order valence-electron chi connectivity index (χ0n) is 20.9. The summed E-state index contributed by atoms with van der Waals surface area (Å²) in [6, 6.07) is 19.2. The lowest BCUT2D eigenvalue weighted by Gasteiger charge is -2.35. The molecule has 0 saturated carbocycles. The van der Waals surface area contributed by atoms with E-state index in [1.54, 1.807) is 12.1 Å². The van der Waals surface area contributed by atoms with Crippen molar-refractivity contribution in [3.63, 3.8) is 0 Å². The number of carbonyl (C=O) groups excluding carboxylic acids is 1. The Hall–Kier alpha value is -4.20. The number of rotatable bonds is 5. The molecule has 1 saturated heterocycles. The quantitative estimate of drug-likeness (QED) is 0.468. The lowest BCUT2D eigenvalue weighted by atomic mass is 10.1. The van der Waals surface area contributed by atoms with Gasteiger partial charge in [0.2, 0.25) is 0 Å². The summed E-state index contributed by atoms with van der Waals surface area (Å²) in [5, 5.41) is 11.9. The first-order valence-corrected chi connectivity index (χ1v) is 12.3. The van der Waals surface area contributed by atoms with Crippen molar-refractivity contribution in [1.29, 1.82) is 0 Å². The summed E-state index contributed by atoms with van der Waals surface area (Å²) >= 11 is 0. The van der Waals surface area contributed by atoms with Gasteiger partial charge in [-0.05, 0) is 61.2 Å². The number of H-pyrrole nitrogens is 1. The van der Waals surface area contributed by atoms with Crippen molar-refractivity contribution < 1.29 is 4.79 Å². The Morgan fingerprint density at radius 2 is 1.67 bits per heavy atom. The van der Waals surface area contributed by atoms with Crippen molar-refractivity contribution in [2.75, 3.05) is 31.1 Å². The molecule has 2 aromatic carbocycles. The zero-order valence-corrected chi connectivity index (χ0v) is 20.9. The number of nitrogens with one attached hydrogen (secondary N) is 1. The first-order valence-electron chi connectivity index (χ1n) is 12.3. The average Bonchev–Trinajstić information content (AvgIpc) is 3.41. The van der Waals surface area contributed by atoms with Crippen LogP contribution in [0.15, 0.2) is 65.5 Å². The van der Waals surface area contributed by atoms with Gasteiger partial charge in [0.1, 0.15) is 11.5 Å². The van der Waals surface area contributed by atoms with E-state index in [1.807, 2.05) is 55.1 Å². The fraction of sp³-hybridized carbons (Fsp3) is 0.286. The summed E-state index contributed by atoms with van der Waals surface area (Å²) in [4.78, 5) is 29.5. The van der Waals surface area contributed by atoms with E-state index >= 15 is 0 Å². The van der Waals surface area contributed by atoms with Crippen molar-refractivity contribution in [1.82, 2.24) is 24.9 Å². The van der Waals surface area contributed by atoms with E-state index in [2.05, 4.69) is 39.3 Å². The van der Waals surface area contributed by atoms with Crippen molar-refractivity contribution in [2.45, 2.75) is 27.2 Å². The Morgan fingerprint density at radius 3 is 2.36 bits per heavy atom. The lowest BCUT2D eigenvalue weighted by molar-refractivity contribution is 0.0740. The molecule has 4 aromatic rings. The smallest absolute Gasteiger partial charge is 0.272 e. The Balaban J connectivity index is 1.26. The molecule has 0 radical (unpaired) electrons. The molecule has 2 aromatic heterocycles. The summed E-state index contributed by atoms with van der Waals surface area (Å²) in [6.07, 6.45) is 0.985. The molecule has 3 heterocycles. The van der Waals surface area contributed by atoms with Crippen LogP contribution in [0.5, 0.6) is 0 Å². The van der Waals surface area contributed by atoms with Crippen LogP contribution < -0.4 is 10.5 Å². The largest absolute Gasteiger partial charge is 0.352 e. The molecule has 8 nitrogen and oxygen atoms in total. The second kappa shape index (κ2) is 9.81. The molecule has 0 bridgehead atoms. The molecular weight excluding hydrogens is 452 g/mol. The molecule has 1 aliphatic rings. The maximum Gasteiger partial charge on any atom is 0.272 e. The fourth-order valence-electron chi connectivity index (χ4n) is 4.41. The summed E-state index contributed by atoms with van der Waals surface area (Å²) < 4.78 is 1.44. The molecule has 0 atom stereocenters. The highest BCUT2D eigenvalue weighted by Gasteiger charge is 2.25. The SMILES string of the molecule is CCc1ccc(-c2cc(C(=O)N3CCN(c4ccc(=O)n(-c5ccc(C)c(C)c5)n4)CC3)[nH]n2)cc1. The zero-order chi connectivity index (χ0) is 25.2. The molecule has 0 aliphatic carbocycles. The highest BCUT2D eigenvalue weighted by atomic mass is 16.2. The van der Waals surface area contributed by atoms with E-state index < -0.39 is 0 Å². The van der Waals surface area contributed by atoms with E-state index in [9.17, 15) is 9.59 Å². The Morgan fingerprint density at radius 1 is 0.917 bits per heavy atom. The number of hydrogen-bond acceptors (Lipinski definition) is 5. The van der Waals surface area contributed by atoms with Gasteiger partial charge in [0.15, 0.2) is 0 Å². The Kier molecular flexibility index (Phi) is 6.41. The van der Waals surface area contributed by atoms with Gasteiger partial charge in [0.05, 0.1) is 11.4 Å². The number of aryl methyl sites for hydroxylation is 3. The molecule has 1 fully saturated rings. The van der Waals surface area contributed by atoms with Gasteiger partial charge >= 0.3 is 0 Å². The minimum Gasteiger partial charge on any atom is -0.352 e. The molecule has 184 valence electrons. The van der Waals surface area contributed by atoms with Gasteiger partial charge in [-0.15, -0.1) is 5.10 Å². The van der Waals surface area contributed by atoms with Gasteiger partial charge < -0.3 is 9.80 Å². The minimum absolute atomic E-state index is 0.0633. The number of amides is 1. The first kappa shape index (κ1) is 23.5. The van der Waals surface area contributed by atoms with Crippen molar-refractivity contribution in [3.05, 3.63) is 93.4 Å². The second-order valence-electron chi connectivity index (χ2n) is 9.21. The van der Waals surface area contributed by atoms with Crippen LogP contribution in [0.3, 0.4) is 0 Å².